The molecule has 0 aliphatic rings. The van der Waals surface area contributed by atoms with Gasteiger partial charge in [-0.1, -0.05) is 23.2 Å². The Morgan fingerprint density at radius 3 is 2.46 bits per heavy atom. The van der Waals surface area contributed by atoms with Crippen LogP contribution in [0.2, 0.25) is 10.0 Å². The van der Waals surface area contributed by atoms with Crippen molar-refractivity contribution in [2.45, 2.75) is 0 Å². The van der Waals surface area contributed by atoms with Gasteiger partial charge in [-0.25, -0.2) is 4.79 Å². The lowest BCUT2D eigenvalue weighted by molar-refractivity contribution is 0.0695. The van der Waals surface area contributed by atoms with Gasteiger partial charge in [-0.05, 0) is 12.1 Å². The molecule has 13 heavy (non-hydrogen) atoms. The third-order valence-corrected chi connectivity index (χ3v) is 2.30. The Morgan fingerprint density at radius 2 is 2.00 bits per heavy atom. The van der Waals surface area contributed by atoms with Crippen LogP contribution >= 0.6 is 35.1 Å². The molecule has 0 amide bonds. The van der Waals surface area contributed by atoms with E-state index < -0.39 is 5.97 Å². The van der Waals surface area contributed by atoms with Crippen LogP contribution in [0.5, 0.6) is 5.75 Å². The molecule has 70 valence electrons. The number of hydrogen-bond donors (Lipinski definition) is 1. The van der Waals surface area contributed by atoms with Gasteiger partial charge in [0.1, 0.15) is 22.5 Å². The Hall–Kier alpha value is -0.640. The SMILES string of the molecule is O=C(O)c1ccc(Cl)c(Cl)c1OCl. The van der Waals surface area contributed by atoms with Gasteiger partial charge in [0, 0.05) is 0 Å². The third-order valence-electron chi connectivity index (χ3n) is 1.36. The van der Waals surface area contributed by atoms with Gasteiger partial charge in [0.25, 0.3) is 0 Å². The summed E-state index contributed by atoms with van der Waals surface area (Å²) in [5.74, 6) is -1.34. The molecule has 1 aromatic carbocycles. The second-order valence-corrected chi connectivity index (χ2v) is 3.06. The highest BCUT2D eigenvalue weighted by molar-refractivity contribution is 6.43. The summed E-state index contributed by atoms with van der Waals surface area (Å²) in [4.78, 5) is 10.6. The fraction of sp³-hybridized carbons (Fsp3) is 0. The highest BCUT2D eigenvalue weighted by atomic mass is 35.5. The summed E-state index contributed by atoms with van der Waals surface area (Å²) >= 11 is 16.3. The number of carboxylic acid groups (broad SMARTS) is 1. The van der Waals surface area contributed by atoms with Crippen LogP contribution < -0.4 is 4.29 Å². The first kappa shape index (κ1) is 10.4. The Kier molecular flexibility index (Phi) is 3.25. The number of aromatic carboxylic acids is 1. The van der Waals surface area contributed by atoms with Crippen LogP contribution in [0.15, 0.2) is 12.1 Å². The number of hydrogen-bond acceptors (Lipinski definition) is 2. The predicted molar refractivity (Wildman–Crippen MR) is 49.9 cm³/mol. The van der Waals surface area contributed by atoms with Crippen LogP contribution in [-0.4, -0.2) is 11.1 Å². The molecule has 0 fully saturated rings. The Balaban J connectivity index is 3.38. The summed E-state index contributed by atoms with van der Waals surface area (Å²) in [6, 6.07) is 2.61. The average molecular weight is 241 g/mol. The van der Waals surface area contributed by atoms with E-state index in [-0.39, 0.29) is 21.4 Å². The van der Waals surface area contributed by atoms with Crippen LogP contribution in [-0.2, 0) is 0 Å². The first-order valence-electron chi connectivity index (χ1n) is 3.07. The van der Waals surface area contributed by atoms with Crippen molar-refractivity contribution in [2.75, 3.05) is 0 Å². The molecule has 6 heteroatoms. The van der Waals surface area contributed by atoms with Crippen molar-refractivity contribution in [3.05, 3.63) is 27.7 Å². The molecular formula is C7H3Cl3O3. The van der Waals surface area contributed by atoms with Crippen molar-refractivity contribution >= 4 is 41.0 Å². The molecule has 0 aliphatic heterocycles. The molecule has 1 N–H and O–H groups in total. The minimum absolute atomic E-state index is 0.0171. The maximum Gasteiger partial charge on any atom is 0.339 e. The molecule has 3 nitrogen and oxygen atoms in total. The summed E-state index contributed by atoms with van der Waals surface area (Å²) in [5.41, 5.74) is -0.135. The van der Waals surface area contributed by atoms with E-state index in [1.54, 1.807) is 0 Å². The van der Waals surface area contributed by atoms with Crippen LogP contribution in [0.25, 0.3) is 0 Å². The van der Waals surface area contributed by atoms with Crippen molar-refractivity contribution < 1.29 is 14.2 Å². The average Bonchev–Trinajstić information content (AvgIpc) is 2.09. The Bertz CT molecular complexity index is 351. The zero-order chi connectivity index (χ0) is 10.0. The normalized spacial score (nSPS) is 9.77. The maximum absolute atomic E-state index is 10.6. The predicted octanol–water partition coefficient (Wildman–Crippen LogP) is 3.22. The summed E-state index contributed by atoms with van der Waals surface area (Å²) < 4.78 is 4.29. The largest absolute Gasteiger partial charge is 0.478 e. The molecule has 1 aromatic rings. The van der Waals surface area contributed by atoms with Crippen molar-refractivity contribution in [2.24, 2.45) is 0 Å². The number of halogens is 3. The molecule has 0 heterocycles. The molecule has 0 bridgehead atoms. The summed E-state index contributed by atoms with van der Waals surface area (Å²) in [6.07, 6.45) is 0. The monoisotopic (exact) mass is 240 g/mol. The van der Waals surface area contributed by atoms with E-state index in [1.165, 1.54) is 12.1 Å². The van der Waals surface area contributed by atoms with Crippen LogP contribution in [0.1, 0.15) is 10.4 Å². The molecule has 1 rings (SSSR count). The van der Waals surface area contributed by atoms with Crippen molar-refractivity contribution in [1.29, 1.82) is 0 Å². The van der Waals surface area contributed by atoms with E-state index in [1.807, 2.05) is 0 Å². The van der Waals surface area contributed by atoms with Gasteiger partial charge >= 0.3 is 5.97 Å². The van der Waals surface area contributed by atoms with Gasteiger partial charge in [-0.3, -0.25) is 0 Å². The van der Waals surface area contributed by atoms with Crippen LogP contribution in [0.4, 0.5) is 0 Å². The highest BCUT2D eigenvalue weighted by Crippen LogP contribution is 2.35. The molecule has 0 atom stereocenters. The quantitative estimate of drug-likeness (QED) is 0.865. The van der Waals surface area contributed by atoms with Gasteiger partial charge in [0.15, 0.2) is 5.75 Å². The second kappa shape index (κ2) is 4.05. The van der Waals surface area contributed by atoms with Gasteiger partial charge in [0.2, 0.25) is 0 Å². The fourth-order valence-electron chi connectivity index (χ4n) is 0.776. The maximum atomic E-state index is 10.6. The Morgan fingerprint density at radius 1 is 1.38 bits per heavy atom. The van der Waals surface area contributed by atoms with Crippen LogP contribution in [0.3, 0.4) is 0 Å². The minimum atomic E-state index is -1.19. The molecule has 0 saturated heterocycles. The zero-order valence-corrected chi connectivity index (χ0v) is 8.32. The Labute approximate surface area is 88.9 Å². The lowest BCUT2D eigenvalue weighted by atomic mass is 10.2. The number of carboxylic acids is 1. The van der Waals surface area contributed by atoms with Gasteiger partial charge in [0.05, 0.1) is 5.02 Å². The van der Waals surface area contributed by atoms with Crippen LogP contribution in [0, 0.1) is 0 Å². The first-order valence-corrected chi connectivity index (χ1v) is 4.14. The smallest absolute Gasteiger partial charge is 0.339 e. The van der Waals surface area contributed by atoms with Gasteiger partial charge in [-0.15, -0.1) is 0 Å². The summed E-state index contributed by atoms with van der Waals surface area (Å²) in [5, 5.41) is 8.84. The van der Waals surface area contributed by atoms with E-state index in [0.717, 1.165) is 0 Å². The van der Waals surface area contributed by atoms with E-state index in [0.29, 0.717) is 0 Å². The van der Waals surface area contributed by atoms with Crippen molar-refractivity contribution in [1.82, 2.24) is 0 Å². The van der Waals surface area contributed by atoms with Crippen molar-refractivity contribution in [3.63, 3.8) is 0 Å². The van der Waals surface area contributed by atoms with E-state index in [4.69, 9.17) is 40.2 Å². The lowest BCUT2D eigenvalue weighted by Gasteiger charge is -2.04. The second-order valence-electron chi connectivity index (χ2n) is 2.12. The lowest BCUT2D eigenvalue weighted by Crippen LogP contribution is -1.99. The highest BCUT2D eigenvalue weighted by Gasteiger charge is 2.17. The molecule has 0 saturated carbocycles. The van der Waals surface area contributed by atoms with E-state index >= 15 is 0 Å². The molecule has 0 aliphatic carbocycles. The topological polar surface area (TPSA) is 46.5 Å². The van der Waals surface area contributed by atoms with Gasteiger partial charge in [-0.2, -0.15) is 0 Å². The van der Waals surface area contributed by atoms with E-state index in [9.17, 15) is 4.79 Å². The van der Waals surface area contributed by atoms with Gasteiger partial charge < -0.3 is 9.40 Å². The molecule has 0 unspecified atom stereocenters. The fourth-order valence-corrected chi connectivity index (χ4v) is 1.33. The standard InChI is InChI=1S/C7H3Cl3O3/c8-4-2-1-3(7(11)12)6(13-10)5(4)9/h1-2H,(H,11,12). The number of carbonyl (C=O) groups is 1. The number of rotatable bonds is 2. The number of benzene rings is 1. The first-order chi connectivity index (χ1) is 6.07. The van der Waals surface area contributed by atoms with Crippen molar-refractivity contribution in [3.8, 4) is 5.75 Å². The third kappa shape index (κ3) is 1.99. The minimum Gasteiger partial charge on any atom is -0.478 e. The zero-order valence-electron chi connectivity index (χ0n) is 6.05. The molecular weight excluding hydrogens is 238 g/mol. The van der Waals surface area contributed by atoms with E-state index in [2.05, 4.69) is 4.29 Å². The summed E-state index contributed by atoms with van der Waals surface area (Å²) in [6.45, 7) is 0. The molecule has 0 radical (unpaired) electrons. The summed E-state index contributed by atoms with van der Waals surface area (Å²) in [7, 11) is 0. The molecule has 0 aromatic heterocycles. The molecule has 0 spiro atoms.